The number of aryl methyl sites for hydroxylation is 1. The van der Waals surface area contributed by atoms with Crippen molar-refractivity contribution in [2.45, 2.75) is 33.4 Å². The maximum atomic E-state index is 13.4. The molecule has 0 spiro atoms. The van der Waals surface area contributed by atoms with Crippen LogP contribution in [0.3, 0.4) is 0 Å². The van der Waals surface area contributed by atoms with Crippen LogP contribution >= 0.6 is 11.6 Å². The van der Waals surface area contributed by atoms with Crippen molar-refractivity contribution in [3.8, 4) is 16.9 Å². The van der Waals surface area contributed by atoms with Crippen molar-refractivity contribution in [1.29, 1.82) is 0 Å². The second-order valence-electron chi connectivity index (χ2n) is 8.15. The van der Waals surface area contributed by atoms with Gasteiger partial charge in [-0.3, -0.25) is 14.6 Å². The highest BCUT2D eigenvalue weighted by atomic mass is 35.5. The molecule has 170 valence electrons. The van der Waals surface area contributed by atoms with Crippen LogP contribution in [0.25, 0.3) is 22.0 Å². The number of aromatic nitrogens is 3. The first kappa shape index (κ1) is 22.6. The topological polar surface area (TPSA) is 89.0 Å². The number of nitrogens with zero attached hydrogens (tertiary/aromatic N) is 2. The van der Waals surface area contributed by atoms with E-state index in [2.05, 4.69) is 29.1 Å². The van der Waals surface area contributed by atoms with Crippen LogP contribution in [0, 0.1) is 6.92 Å². The minimum Gasteiger partial charge on any atom is -0.496 e. The first-order chi connectivity index (χ1) is 15.8. The third kappa shape index (κ3) is 4.36. The lowest BCUT2D eigenvalue weighted by Gasteiger charge is -2.14. The first-order valence-electron chi connectivity index (χ1n) is 10.6. The van der Waals surface area contributed by atoms with E-state index in [0.717, 1.165) is 16.6 Å². The van der Waals surface area contributed by atoms with Gasteiger partial charge in [0.05, 0.1) is 35.3 Å². The number of ether oxygens (including phenoxy) is 1. The number of carbonyl (C=O) groups excluding carboxylic acids is 1. The predicted molar refractivity (Wildman–Crippen MR) is 130 cm³/mol. The minimum atomic E-state index is -0.337. The number of aromatic amines is 1. The molecule has 3 aromatic heterocycles. The Morgan fingerprint density at radius 3 is 2.73 bits per heavy atom. The van der Waals surface area contributed by atoms with Gasteiger partial charge in [0.1, 0.15) is 5.75 Å². The van der Waals surface area contributed by atoms with E-state index in [1.165, 1.54) is 7.11 Å². The van der Waals surface area contributed by atoms with E-state index < -0.39 is 0 Å². The summed E-state index contributed by atoms with van der Waals surface area (Å²) in [5.41, 5.74) is 3.75. The van der Waals surface area contributed by atoms with Crippen LogP contribution in [-0.2, 0) is 6.54 Å². The molecule has 1 aromatic carbocycles. The van der Waals surface area contributed by atoms with Gasteiger partial charge in [-0.2, -0.15) is 0 Å². The number of benzene rings is 1. The summed E-state index contributed by atoms with van der Waals surface area (Å²) in [5, 5.41) is 4.02. The van der Waals surface area contributed by atoms with Crippen LogP contribution in [-0.4, -0.2) is 27.6 Å². The van der Waals surface area contributed by atoms with Crippen molar-refractivity contribution in [3.63, 3.8) is 0 Å². The Balaban J connectivity index is 1.80. The summed E-state index contributed by atoms with van der Waals surface area (Å²) in [5.74, 6) is 0.0889. The molecule has 33 heavy (non-hydrogen) atoms. The van der Waals surface area contributed by atoms with Gasteiger partial charge in [-0.25, -0.2) is 0 Å². The molecule has 0 aliphatic heterocycles. The van der Waals surface area contributed by atoms with Crippen molar-refractivity contribution in [1.82, 2.24) is 19.9 Å². The zero-order valence-corrected chi connectivity index (χ0v) is 19.7. The number of amides is 1. The SMILES string of the molecule is COc1cc(C)[nH]c(=O)c1CNC(=O)c1cc(-c2cccnc2)cc2c1c(Cl)cn2C(C)C. The molecule has 8 heteroatoms. The van der Waals surface area contributed by atoms with Crippen LogP contribution < -0.4 is 15.6 Å². The highest BCUT2D eigenvalue weighted by Crippen LogP contribution is 2.35. The molecular weight excluding hydrogens is 440 g/mol. The average molecular weight is 465 g/mol. The summed E-state index contributed by atoms with van der Waals surface area (Å²) >= 11 is 6.59. The highest BCUT2D eigenvalue weighted by Gasteiger charge is 2.20. The van der Waals surface area contributed by atoms with Gasteiger partial charge in [-0.15, -0.1) is 0 Å². The maximum absolute atomic E-state index is 13.4. The fourth-order valence-corrected chi connectivity index (χ4v) is 4.25. The van der Waals surface area contributed by atoms with Crippen molar-refractivity contribution < 1.29 is 9.53 Å². The number of H-pyrrole nitrogens is 1. The lowest BCUT2D eigenvalue weighted by molar-refractivity contribution is 0.0952. The Morgan fingerprint density at radius 1 is 1.27 bits per heavy atom. The van der Waals surface area contributed by atoms with E-state index in [4.69, 9.17) is 16.3 Å². The number of fused-ring (bicyclic) bond motifs is 1. The number of hydrogen-bond acceptors (Lipinski definition) is 4. The molecule has 4 aromatic rings. The van der Waals surface area contributed by atoms with Gasteiger partial charge in [-0.05, 0) is 50.6 Å². The predicted octanol–water partition coefficient (Wildman–Crippen LogP) is 4.87. The highest BCUT2D eigenvalue weighted by molar-refractivity contribution is 6.37. The van der Waals surface area contributed by atoms with E-state index in [1.54, 1.807) is 25.4 Å². The Bertz CT molecular complexity index is 1390. The smallest absolute Gasteiger partial charge is 0.256 e. The molecule has 4 rings (SSSR count). The largest absolute Gasteiger partial charge is 0.496 e. The maximum Gasteiger partial charge on any atom is 0.256 e. The van der Waals surface area contributed by atoms with Gasteiger partial charge in [0, 0.05) is 41.3 Å². The molecule has 1 amide bonds. The van der Waals surface area contributed by atoms with E-state index in [-0.39, 0.29) is 24.1 Å². The molecule has 0 radical (unpaired) electrons. The normalized spacial score (nSPS) is 11.2. The number of carbonyl (C=O) groups is 1. The Morgan fingerprint density at radius 2 is 2.06 bits per heavy atom. The van der Waals surface area contributed by atoms with Crippen LogP contribution in [0.4, 0.5) is 0 Å². The van der Waals surface area contributed by atoms with Crippen LogP contribution in [0.15, 0.2) is 53.7 Å². The molecule has 2 N–H and O–H groups in total. The van der Waals surface area contributed by atoms with Crippen molar-refractivity contribution in [2.75, 3.05) is 7.11 Å². The van der Waals surface area contributed by atoms with E-state index in [1.807, 2.05) is 35.0 Å². The quantitative estimate of drug-likeness (QED) is 0.426. The summed E-state index contributed by atoms with van der Waals surface area (Å²) in [7, 11) is 1.49. The Hall–Kier alpha value is -3.58. The van der Waals surface area contributed by atoms with Gasteiger partial charge >= 0.3 is 0 Å². The molecule has 0 aliphatic carbocycles. The molecule has 3 heterocycles. The summed E-state index contributed by atoms with van der Waals surface area (Å²) in [6, 6.07) is 9.49. The van der Waals surface area contributed by atoms with Gasteiger partial charge in [0.25, 0.3) is 11.5 Å². The van der Waals surface area contributed by atoms with Gasteiger partial charge in [-0.1, -0.05) is 17.7 Å². The average Bonchev–Trinajstić information content (AvgIpc) is 3.14. The van der Waals surface area contributed by atoms with Crippen LogP contribution in [0.1, 0.15) is 41.5 Å². The van der Waals surface area contributed by atoms with Gasteiger partial charge in [0.2, 0.25) is 0 Å². The van der Waals surface area contributed by atoms with Crippen molar-refractivity contribution in [2.24, 2.45) is 0 Å². The van der Waals surface area contributed by atoms with Crippen molar-refractivity contribution in [3.05, 3.63) is 81.1 Å². The number of pyridine rings is 2. The van der Waals surface area contributed by atoms with E-state index >= 15 is 0 Å². The zero-order valence-electron chi connectivity index (χ0n) is 18.9. The summed E-state index contributed by atoms with van der Waals surface area (Å²) in [4.78, 5) is 32.8. The molecule has 0 unspecified atom stereocenters. The molecule has 7 nitrogen and oxygen atoms in total. The fraction of sp³-hybridized carbons (Fsp3) is 0.240. The van der Waals surface area contributed by atoms with E-state index in [9.17, 15) is 9.59 Å². The number of rotatable bonds is 6. The van der Waals surface area contributed by atoms with Crippen LogP contribution in [0.5, 0.6) is 5.75 Å². The number of nitrogens with one attached hydrogen (secondary N) is 2. The van der Waals surface area contributed by atoms with Crippen molar-refractivity contribution >= 4 is 28.4 Å². The Labute approximate surface area is 196 Å². The lowest BCUT2D eigenvalue weighted by Crippen LogP contribution is -2.27. The molecule has 0 fully saturated rings. The third-order valence-corrected chi connectivity index (χ3v) is 5.84. The lowest BCUT2D eigenvalue weighted by atomic mass is 10.0. The third-order valence-electron chi connectivity index (χ3n) is 5.56. The number of hydrogen-bond donors (Lipinski definition) is 2. The first-order valence-corrected chi connectivity index (χ1v) is 11.0. The minimum absolute atomic E-state index is 0.0126. The summed E-state index contributed by atoms with van der Waals surface area (Å²) in [6.45, 7) is 5.90. The molecule has 0 saturated carbocycles. The summed E-state index contributed by atoms with van der Waals surface area (Å²) < 4.78 is 7.38. The van der Waals surface area contributed by atoms with Gasteiger partial charge in [0.15, 0.2) is 0 Å². The monoisotopic (exact) mass is 464 g/mol. The molecule has 0 bridgehead atoms. The Kier molecular flexibility index (Phi) is 6.24. The standard InChI is InChI=1S/C25H25ClN4O3/c1-14(2)30-13-20(26)23-18(9-17(10-21(23)30)16-6-5-7-27-11-16)24(31)28-12-19-22(33-4)8-15(3)29-25(19)32/h5-11,13-14H,12H2,1-4H3,(H,28,31)(H,29,32). The van der Waals surface area contributed by atoms with E-state index in [0.29, 0.717) is 33.0 Å². The second-order valence-corrected chi connectivity index (χ2v) is 8.56. The molecular formula is C25H25ClN4O3. The molecule has 0 atom stereocenters. The number of methoxy groups -OCH3 is 1. The second kappa shape index (κ2) is 9.11. The van der Waals surface area contributed by atoms with Gasteiger partial charge < -0.3 is 19.6 Å². The molecule has 0 aliphatic rings. The summed E-state index contributed by atoms with van der Waals surface area (Å²) in [6.07, 6.45) is 5.30. The van der Waals surface area contributed by atoms with Crippen LogP contribution in [0.2, 0.25) is 5.02 Å². The fourth-order valence-electron chi connectivity index (χ4n) is 3.94. The zero-order chi connectivity index (χ0) is 23.7. The number of halogens is 1. The molecule has 0 saturated heterocycles.